The maximum atomic E-state index is 12.1. The second kappa shape index (κ2) is 7.41. The van der Waals surface area contributed by atoms with Crippen molar-refractivity contribution < 1.29 is 14.6 Å². The Kier molecular flexibility index (Phi) is 5.83. The summed E-state index contributed by atoms with van der Waals surface area (Å²) in [5.74, 6) is -1.03. The number of benzene rings is 2. The number of ether oxygens (including phenoxy) is 1. The van der Waals surface area contributed by atoms with E-state index in [1.807, 2.05) is 65.8 Å². The van der Waals surface area contributed by atoms with Gasteiger partial charge in [0.05, 0.1) is 5.60 Å². The van der Waals surface area contributed by atoms with E-state index in [9.17, 15) is 9.90 Å². The lowest BCUT2D eigenvalue weighted by Gasteiger charge is -2.29. The first-order valence-electron chi connectivity index (χ1n) is 8.49. The molecule has 140 valence electrons. The number of rotatable bonds is 4. The largest absolute Gasteiger partial charge is 0.479 e. The van der Waals surface area contributed by atoms with Gasteiger partial charge in [0, 0.05) is 15.7 Å². The van der Waals surface area contributed by atoms with Crippen molar-refractivity contribution in [1.29, 1.82) is 0 Å². The van der Waals surface area contributed by atoms with E-state index < -0.39 is 17.7 Å². The summed E-state index contributed by atoms with van der Waals surface area (Å²) >= 11 is 3.56. The van der Waals surface area contributed by atoms with Gasteiger partial charge in [0.2, 0.25) is 0 Å². The number of halogens is 1. The van der Waals surface area contributed by atoms with E-state index in [0.717, 1.165) is 32.3 Å². The van der Waals surface area contributed by atoms with Gasteiger partial charge < -0.3 is 15.6 Å². The number of hydrogen-bond acceptors (Lipinski definition) is 3. The molecule has 0 heterocycles. The number of anilines is 1. The van der Waals surface area contributed by atoms with Gasteiger partial charge in [-0.25, -0.2) is 4.79 Å². The molecular weight excluding hydrogens is 394 g/mol. The lowest BCUT2D eigenvalue weighted by atomic mass is 9.87. The third-order valence-corrected chi connectivity index (χ3v) is 5.34. The zero-order valence-electron chi connectivity index (χ0n) is 16.1. The van der Waals surface area contributed by atoms with Gasteiger partial charge in [-0.1, -0.05) is 29.8 Å². The molecule has 0 unspecified atom stereocenters. The minimum atomic E-state index is -1.11. The van der Waals surface area contributed by atoms with E-state index in [2.05, 4.69) is 15.9 Å². The topological polar surface area (TPSA) is 72.5 Å². The van der Waals surface area contributed by atoms with Gasteiger partial charge in [-0.15, -0.1) is 0 Å². The predicted molar refractivity (Wildman–Crippen MR) is 109 cm³/mol. The Morgan fingerprint density at radius 1 is 1.12 bits per heavy atom. The number of carboxylic acid groups (broad SMARTS) is 1. The summed E-state index contributed by atoms with van der Waals surface area (Å²) in [5.41, 5.74) is 11.3. The van der Waals surface area contributed by atoms with Crippen molar-refractivity contribution in [3.05, 3.63) is 51.0 Å². The number of aliphatic carboxylic acids is 1. The van der Waals surface area contributed by atoms with Gasteiger partial charge >= 0.3 is 5.97 Å². The van der Waals surface area contributed by atoms with Gasteiger partial charge in [0.1, 0.15) is 0 Å². The third kappa shape index (κ3) is 4.10. The average Bonchev–Trinajstić information content (AvgIpc) is 2.54. The Balaban J connectivity index is 2.85. The molecule has 0 radical (unpaired) electrons. The Bertz CT molecular complexity index is 836. The highest BCUT2D eigenvalue weighted by atomic mass is 79.9. The van der Waals surface area contributed by atoms with E-state index in [-0.39, 0.29) is 0 Å². The first kappa shape index (κ1) is 20.5. The highest BCUT2D eigenvalue weighted by molar-refractivity contribution is 9.10. The molecule has 0 fully saturated rings. The van der Waals surface area contributed by atoms with E-state index in [1.165, 1.54) is 0 Å². The third-order valence-electron chi connectivity index (χ3n) is 4.32. The maximum Gasteiger partial charge on any atom is 0.337 e. The quantitative estimate of drug-likeness (QED) is 0.635. The van der Waals surface area contributed by atoms with Crippen molar-refractivity contribution in [2.45, 2.75) is 53.2 Å². The molecule has 1 atom stereocenters. The van der Waals surface area contributed by atoms with E-state index in [1.54, 1.807) is 0 Å². The molecule has 0 amide bonds. The number of aryl methyl sites for hydroxylation is 1. The highest BCUT2D eigenvalue weighted by Crippen LogP contribution is 2.43. The van der Waals surface area contributed by atoms with Crippen LogP contribution in [0.4, 0.5) is 5.69 Å². The van der Waals surface area contributed by atoms with Crippen molar-refractivity contribution in [1.82, 2.24) is 0 Å². The molecular formula is C21H26BrNO3. The SMILES string of the molecule is Cc1ccc(-c2c(C)c(Br)c(N)c(C)c2[C@H](OC(C)(C)C)C(=O)O)cc1. The van der Waals surface area contributed by atoms with Crippen LogP contribution < -0.4 is 5.73 Å². The molecule has 0 spiro atoms. The Morgan fingerprint density at radius 3 is 2.12 bits per heavy atom. The number of nitrogens with two attached hydrogens (primary N) is 1. The molecule has 2 rings (SSSR count). The standard InChI is InChI=1S/C21H26BrNO3/c1-11-7-9-14(10-8-11)15-12(2)17(22)18(23)13(3)16(15)19(20(24)25)26-21(4,5)6/h7-10,19H,23H2,1-6H3,(H,24,25)/t19-/m0/s1. The van der Waals surface area contributed by atoms with Gasteiger partial charge in [-0.3, -0.25) is 0 Å². The number of carboxylic acids is 1. The number of carbonyl (C=O) groups is 1. The zero-order chi connectivity index (χ0) is 19.8. The second-order valence-electron chi connectivity index (χ2n) is 7.58. The molecule has 0 aliphatic rings. The van der Waals surface area contributed by atoms with Crippen LogP contribution in [0.15, 0.2) is 28.7 Å². The molecule has 4 nitrogen and oxygen atoms in total. The second-order valence-corrected chi connectivity index (χ2v) is 8.37. The Hall–Kier alpha value is -1.85. The highest BCUT2D eigenvalue weighted by Gasteiger charge is 2.32. The Morgan fingerprint density at radius 2 is 1.65 bits per heavy atom. The van der Waals surface area contributed by atoms with Crippen molar-refractivity contribution >= 4 is 27.6 Å². The van der Waals surface area contributed by atoms with E-state index >= 15 is 0 Å². The molecule has 2 aromatic rings. The molecule has 0 bridgehead atoms. The minimum Gasteiger partial charge on any atom is -0.479 e. The van der Waals surface area contributed by atoms with Crippen LogP contribution in [0.25, 0.3) is 11.1 Å². The molecule has 3 N–H and O–H groups in total. The average molecular weight is 420 g/mol. The summed E-state index contributed by atoms with van der Waals surface area (Å²) in [6.45, 7) is 11.3. The molecule has 0 aliphatic heterocycles. The minimum absolute atomic E-state index is 0.539. The first-order chi connectivity index (χ1) is 11.9. The molecule has 5 heteroatoms. The molecule has 0 aliphatic carbocycles. The van der Waals surface area contributed by atoms with Crippen molar-refractivity contribution in [3.63, 3.8) is 0 Å². The van der Waals surface area contributed by atoms with E-state index in [0.29, 0.717) is 11.3 Å². The van der Waals surface area contributed by atoms with Crippen LogP contribution in [-0.4, -0.2) is 16.7 Å². The van der Waals surface area contributed by atoms with Crippen molar-refractivity contribution in [2.75, 3.05) is 5.73 Å². The van der Waals surface area contributed by atoms with Crippen molar-refractivity contribution in [3.8, 4) is 11.1 Å². The lowest BCUT2D eigenvalue weighted by molar-refractivity contribution is -0.160. The smallest absolute Gasteiger partial charge is 0.337 e. The monoisotopic (exact) mass is 419 g/mol. The van der Waals surface area contributed by atoms with Crippen LogP contribution >= 0.6 is 15.9 Å². The van der Waals surface area contributed by atoms with Gasteiger partial charge in [-0.2, -0.15) is 0 Å². The normalized spacial score (nSPS) is 12.9. The summed E-state index contributed by atoms with van der Waals surface area (Å²) in [4.78, 5) is 12.1. The van der Waals surface area contributed by atoms with Crippen LogP contribution in [0.5, 0.6) is 0 Å². The fraction of sp³-hybridized carbons (Fsp3) is 0.381. The lowest BCUT2D eigenvalue weighted by Crippen LogP contribution is -2.28. The van der Waals surface area contributed by atoms with Crippen molar-refractivity contribution in [2.24, 2.45) is 0 Å². The molecule has 0 saturated carbocycles. The van der Waals surface area contributed by atoms with Crippen LogP contribution in [0.3, 0.4) is 0 Å². The summed E-state index contributed by atoms with van der Waals surface area (Å²) in [7, 11) is 0. The van der Waals surface area contributed by atoms with Gasteiger partial charge in [0.15, 0.2) is 6.10 Å². The fourth-order valence-electron chi connectivity index (χ4n) is 3.02. The van der Waals surface area contributed by atoms with Gasteiger partial charge in [0.25, 0.3) is 0 Å². The van der Waals surface area contributed by atoms with Crippen LogP contribution in [0.1, 0.15) is 49.1 Å². The zero-order valence-corrected chi connectivity index (χ0v) is 17.7. The molecule has 26 heavy (non-hydrogen) atoms. The summed E-state index contributed by atoms with van der Waals surface area (Å²) in [5, 5.41) is 9.90. The Labute approximate surface area is 163 Å². The maximum absolute atomic E-state index is 12.1. The van der Waals surface area contributed by atoms with Crippen LogP contribution in [0.2, 0.25) is 0 Å². The summed E-state index contributed by atoms with van der Waals surface area (Å²) < 4.78 is 6.72. The summed E-state index contributed by atoms with van der Waals surface area (Å²) in [6, 6.07) is 8.02. The van der Waals surface area contributed by atoms with E-state index in [4.69, 9.17) is 10.5 Å². The first-order valence-corrected chi connectivity index (χ1v) is 9.29. The molecule has 2 aromatic carbocycles. The number of hydrogen-bond donors (Lipinski definition) is 2. The molecule has 0 saturated heterocycles. The van der Waals surface area contributed by atoms with Crippen LogP contribution in [-0.2, 0) is 9.53 Å². The van der Waals surface area contributed by atoms with Gasteiger partial charge in [-0.05, 0) is 79.7 Å². The fourth-order valence-corrected chi connectivity index (χ4v) is 3.51. The number of nitrogen functional groups attached to an aromatic ring is 1. The van der Waals surface area contributed by atoms with Crippen LogP contribution in [0, 0.1) is 20.8 Å². The predicted octanol–water partition coefficient (Wildman–Crippen LogP) is 5.56. The summed E-state index contributed by atoms with van der Waals surface area (Å²) in [6.07, 6.45) is -1.11. The molecule has 0 aromatic heterocycles.